The average Bonchev–Trinajstić information content (AvgIpc) is 2.80. The number of hydrogen-bond donors (Lipinski definition) is 0. The van der Waals surface area contributed by atoms with E-state index in [1.54, 1.807) is 18.5 Å². The van der Waals surface area contributed by atoms with Gasteiger partial charge in [-0.25, -0.2) is 9.97 Å². The molecule has 0 saturated carbocycles. The first-order valence-electron chi connectivity index (χ1n) is 10.0. The molecule has 5 heteroatoms. The third kappa shape index (κ3) is 5.96. The lowest BCUT2D eigenvalue weighted by Gasteiger charge is -2.23. The number of aromatic nitrogens is 3. The first kappa shape index (κ1) is 19.7. The quantitative estimate of drug-likeness (QED) is 0.402. The fourth-order valence-electron chi connectivity index (χ4n) is 3.30. The maximum Gasteiger partial charge on any atom is 0.321 e. The third-order valence-electron chi connectivity index (χ3n) is 4.77. The van der Waals surface area contributed by atoms with Crippen molar-refractivity contribution >= 4 is 0 Å². The molecule has 2 aromatic heterocycles. The van der Waals surface area contributed by atoms with Gasteiger partial charge < -0.3 is 4.74 Å². The van der Waals surface area contributed by atoms with Gasteiger partial charge in [0.15, 0.2) is 0 Å². The van der Waals surface area contributed by atoms with Gasteiger partial charge in [0.25, 0.3) is 0 Å². The Labute approximate surface area is 177 Å². The van der Waals surface area contributed by atoms with Crippen molar-refractivity contribution in [3.8, 4) is 11.8 Å². The molecule has 0 aliphatic heterocycles. The summed E-state index contributed by atoms with van der Waals surface area (Å²) < 4.78 is 5.80. The molecule has 0 unspecified atom stereocenters. The van der Waals surface area contributed by atoms with Crippen molar-refractivity contribution in [2.75, 3.05) is 6.54 Å². The van der Waals surface area contributed by atoms with Crippen LogP contribution in [0.4, 0.5) is 0 Å². The van der Waals surface area contributed by atoms with Crippen molar-refractivity contribution in [2.45, 2.75) is 19.5 Å². The van der Waals surface area contributed by atoms with Crippen LogP contribution >= 0.6 is 0 Å². The van der Waals surface area contributed by atoms with Crippen LogP contribution in [0.15, 0.2) is 97.6 Å². The summed E-state index contributed by atoms with van der Waals surface area (Å²) in [6, 6.07) is 25.0. The van der Waals surface area contributed by atoms with Crippen molar-refractivity contribution in [3.63, 3.8) is 0 Å². The molecule has 4 rings (SSSR count). The molecule has 0 aliphatic rings. The van der Waals surface area contributed by atoms with Gasteiger partial charge in [-0.05, 0) is 53.4 Å². The zero-order valence-corrected chi connectivity index (χ0v) is 16.8. The number of hydrogen-bond acceptors (Lipinski definition) is 5. The van der Waals surface area contributed by atoms with Gasteiger partial charge in [-0.1, -0.05) is 42.5 Å². The molecule has 30 heavy (non-hydrogen) atoms. The van der Waals surface area contributed by atoms with E-state index in [0.717, 1.165) is 31.8 Å². The van der Waals surface area contributed by atoms with Crippen LogP contribution in [-0.2, 0) is 19.5 Å². The molecular weight excluding hydrogens is 372 g/mol. The smallest absolute Gasteiger partial charge is 0.321 e. The van der Waals surface area contributed by atoms with Crippen LogP contribution in [0.2, 0.25) is 0 Å². The fraction of sp³-hybridized carbons (Fsp3) is 0.160. The Morgan fingerprint density at radius 3 is 2.20 bits per heavy atom. The topological polar surface area (TPSA) is 51.1 Å². The molecule has 0 saturated heterocycles. The van der Waals surface area contributed by atoms with E-state index < -0.39 is 0 Å². The second kappa shape index (κ2) is 10.3. The summed E-state index contributed by atoms with van der Waals surface area (Å²) in [6.45, 7) is 2.64. The normalized spacial score (nSPS) is 10.8. The van der Waals surface area contributed by atoms with Crippen LogP contribution in [0.3, 0.4) is 0 Å². The van der Waals surface area contributed by atoms with Crippen LogP contribution in [0, 0.1) is 0 Å². The zero-order valence-electron chi connectivity index (χ0n) is 16.8. The summed E-state index contributed by atoms with van der Waals surface area (Å²) in [7, 11) is 0. The number of rotatable bonds is 9. The molecule has 0 radical (unpaired) electrons. The van der Waals surface area contributed by atoms with Crippen LogP contribution in [0.5, 0.6) is 11.8 Å². The van der Waals surface area contributed by atoms with Crippen molar-refractivity contribution in [1.82, 2.24) is 19.9 Å². The van der Waals surface area contributed by atoms with E-state index in [-0.39, 0.29) is 0 Å². The second-order valence-corrected chi connectivity index (χ2v) is 7.08. The summed E-state index contributed by atoms with van der Waals surface area (Å²) in [4.78, 5) is 14.8. The first-order chi connectivity index (χ1) is 14.8. The highest BCUT2D eigenvalue weighted by Crippen LogP contribution is 2.20. The van der Waals surface area contributed by atoms with Crippen LogP contribution in [-0.4, -0.2) is 26.4 Å². The molecule has 4 aromatic rings. The van der Waals surface area contributed by atoms with Gasteiger partial charge in [0.2, 0.25) is 0 Å². The SMILES string of the molecule is c1ccc(CCN(Cc2ccncc2)Cc2cccc(Oc3ncccn3)c2)cc1. The Bertz CT molecular complexity index is 1030. The van der Waals surface area contributed by atoms with E-state index in [1.165, 1.54) is 16.7 Å². The first-order valence-corrected chi connectivity index (χ1v) is 10.0. The molecule has 0 atom stereocenters. The summed E-state index contributed by atoms with van der Waals surface area (Å²) in [5.41, 5.74) is 3.78. The Morgan fingerprint density at radius 2 is 1.40 bits per heavy atom. The molecule has 2 heterocycles. The number of benzene rings is 2. The molecule has 5 nitrogen and oxygen atoms in total. The Balaban J connectivity index is 1.46. The highest BCUT2D eigenvalue weighted by molar-refractivity contribution is 5.30. The van der Waals surface area contributed by atoms with Gasteiger partial charge in [0.1, 0.15) is 5.75 Å². The molecule has 0 bridgehead atoms. The lowest BCUT2D eigenvalue weighted by molar-refractivity contribution is 0.259. The second-order valence-electron chi connectivity index (χ2n) is 7.08. The number of pyridine rings is 1. The largest absolute Gasteiger partial charge is 0.424 e. The summed E-state index contributed by atoms with van der Waals surface area (Å²) >= 11 is 0. The zero-order chi connectivity index (χ0) is 20.4. The Hall–Kier alpha value is -3.57. The maximum atomic E-state index is 5.80. The lowest BCUT2D eigenvalue weighted by Crippen LogP contribution is -2.25. The average molecular weight is 396 g/mol. The lowest BCUT2D eigenvalue weighted by atomic mass is 10.1. The van der Waals surface area contributed by atoms with Crippen LogP contribution in [0.1, 0.15) is 16.7 Å². The van der Waals surface area contributed by atoms with Crippen molar-refractivity contribution in [2.24, 2.45) is 0 Å². The van der Waals surface area contributed by atoms with E-state index in [1.807, 2.05) is 24.5 Å². The fourth-order valence-corrected chi connectivity index (χ4v) is 3.30. The van der Waals surface area contributed by atoms with Crippen LogP contribution < -0.4 is 4.74 Å². The molecule has 0 spiro atoms. The van der Waals surface area contributed by atoms with Gasteiger partial charge in [-0.2, -0.15) is 0 Å². The van der Waals surface area contributed by atoms with Gasteiger partial charge in [0, 0.05) is 44.4 Å². The van der Waals surface area contributed by atoms with E-state index in [0.29, 0.717) is 6.01 Å². The van der Waals surface area contributed by atoms with Crippen molar-refractivity contribution in [1.29, 1.82) is 0 Å². The van der Waals surface area contributed by atoms with Gasteiger partial charge in [-0.15, -0.1) is 0 Å². The van der Waals surface area contributed by atoms with Crippen LogP contribution in [0.25, 0.3) is 0 Å². The summed E-state index contributed by atoms with van der Waals surface area (Å²) in [6.07, 6.45) is 8.04. The molecule has 0 amide bonds. The van der Waals surface area contributed by atoms with E-state index >= 15 is 0 Å². The minimum Gasteiger partial charge on any atom is -0.424 e. The monoisotopic (exact) mass is 396 g/mol. The molecule has 0 N–H and O–H groups in total. The van der Waals surface area contributed by atoms with E-state index in [4.69, 9.17) is 4.74 Å². The third-order valence-corrected chi connectivity index (χ3v) is 4.77. The standard InChI is InChI=1S/C25H24N4O/c1-2-6-21(7-3-1)12-17-29(19-22-10-15-26-16-11-22)20-23-8-4-9-24(18-23)30-25-27-13-5-14-28-25/h1-11,13-16,18H,12,17,19-20H2. The molecule has 2 aromatic carbocycles. The molecular formula is C25H24N4O. The highest BCUT2D eigenvalue weighted by Gasteiger charge is 2.09. The molecule has 0 aliphatic carbocycles. The van der Waals surface area contributed by atoms with Gasteiger partial charge in [-0.3, -0.25) is 9.88 Å². The minimum absolute atomic E-state index is 0.354. The predicted molar refractivity (Wildman–Crippen MR) is 117 cm³/mol. The van der Waals surface area contributed by atoms with Gasteiger partial charge >= 0.3 is 6.01 Å². The Kier molecular flexibility index (Phi) is 6.76. The minimum atomic E-state index is 0.354. The number of nitrogens with zero attached hydrogens (tertiary/aromatic N) is 4. The van der Waals surface area contributed by atoms with E-state index in [9.17, 15) is 0 Å². The summed E-state index contributed by atoms with van der Waals surface area (Å²) in [5.74, 6) is 0.741. The maximum absolute atomic E-state index is 5.80. The van der Waals surface area contributed by atoms with Crippen molar-refractivity contribution < 1.29 is 4.74 Å². The van der Waals surface area contributed by atoms with Gasteiger partial charge in [0.05, 0.1) is 0 Å². The molecule has 150 valence electrons. The summed E-state index contributed by atoms with van der Waals surface area (Å²) in [5, 5.41) is 0. The number of ether oxygens (including phenoxy) is 1. The Morgan fingerprint density at radius 1 is 0.667 bits per heavy atom. The highest BCUT2D eigenvalue weighted by atomic mass is 16.5. The van der Waals surface area contributed by atoms with E-state index in [2.05, 4.69) is 74.4 Å². The van der Waals surface area contributed by atoms with Crippen molar-refractivity contribution in [3.05, 3.63) is 114 Å². The predicted octanol–water partition coefficient (Wildman–Crippen LogP) is 4.91. The molecule has 0 fully saturated rings.